The standard InChI is InChI=1S/C30H22N4O3/c1-35-21-14-11-20(12-15-21)26-24-16-13-19-7-5-6-10-23(19)28(24)37-30-27(26)29-32-25(33-34(29)18-31-30)17-36-22-8-3-2-4-9-22/h2-16,18,26H,17H2,1H3. The monoisotopic (exact) mass is 486 g/mol. The van der Waals surface area contributed by atoms with Gasteiger partial charge in [-0.25, -0.2) is 14.5 Å². The molecule has 0 fully saturated rings. The highest BCUT2D eigenvalue weighted by molar-refractivity contribution is 5.91. The summed E-state index contributed by atoms with van der Waals surface area (Å²) in [4.78, 5) is 9.53. The summed E-state index contributed by atoms with van der Waals surface area (Å²) in [5, 5.41) is 6.80. The molecule has 6 aromatic rings. The van der Waals surface area contributed by atoms with Crippen LogP contribution in [0.2, 0.25) is 0 Å². The highest BCUT2D eigenvalue weighted by atomic mass is 16.5. The van der Waals surface area contributed by atoms with Crippen molar-refractivity contribution in [3.63, 3.8) is 0 Å². The van der Waals surface area contributed by atoms with Gasteiger partial charge in [-0.2, -0.15) is 0 Å². The van der Waals surface area contributed by atoms with Crippen molar-refractivity contribution in [2.24, 2.45) is 0 Å². The van der Waals surface area contributed by atoms with E-state index in [0.29, 0.717) is 17.4 Å². The van der Waals surface area contributed by atoms with Crippen molar-refractivity contribution in [3.05, 3.63) is 120 Å². The maximum Gasteiger partial charge on any atom is 0.228 e. The minimum absolute atomic E-state index is 0.155. The van der Waals surface area contributed by atoms with E-state index in [0.717, 1.165) is 44.7 Å². The van der Waals surface area contributed by atoms with E-state index in [1.54, 1.807) is 18.0 Å². The molecule has 0 saturated carbocycles. The third-order valence-electron chi connectivity index (χ3n) is 6.70. The van der Waals surface area contributed by atoms with Gasteiger partial charge in [-0.15, -0.1) is 5.10 Å². The lowest BCUT2D eigenvalue weighted by molar-refractivity contribution is 0.296. The van der Waals surface area contributed by atoms with Gasteiger partial charge in [-0.3, -0.25) is 0 Å². The van der Waals surface area contributed by atoms with Gasteiger partial charge in [0.2, 0.25) is 5.88 Å². The number of hydrogen-bond donors (Lipinski definition) is 0. The van der Waals surface area contributed by atoms with Gasteiger partial charge in [0.15, 0.2) is 11.5 Å². The highest BCUT2D eigenvalue weighted by Gasteiger charge is 2.34. The van der Waals surface area contributed by atoms with Gasteiger partial charge in [0.25, 0.3) is 0 Å². The van der Waals surface area contributed by atoms with Crippen molar-refractivity contribution >= 4 is 16.4 Å². The maximum absolute atomic E-state index is 6.49. The van der Waals surface area contributed by atoms with E-state index in [4.69, 9.17) is 19.2 Å². The van der Waals surface area contributed by atoms with Gasteiger partial charge in [-0.05, 0) is 35.2 Å². The fourth-order valence-corrected chi connectivity index (χ4v) is 4.96. The molecule has 1 atom stereocenters. The molecule has 1 unspecified atom stereocenters. The van der Waals surface area contributed by atoms with Crippen LogP contribution in [0.15, 0.2) is 97.3 Å². The molecule has 4 aromatic carbocycles. The predicted molar refractivity (Wildman–Crippen MR) is 140 cm³/mol. The summed E-state index contributed by atoms with van der Waals surface area (Å²) in [5.74, 6) is 3.32. The smallest absolute Gasteiger partial charge is 0.228 e. The molecule has 7 rings (SSSR count). The van der Waals surface area contributed by atoms with Crippen LogP contribution in [0.3, 0.4) is 0 Å². The van der Waals surface area contributed by atoms with Gasteiger partial charge in [0.1, 0.15) is 30.2 Å². The Balaban J connectivity index is 1.39. The van der Waals surface area contributed by atoms with Crippen molar-refractivity contribution in [1.82, 2.24) is 19.6 Å². The lowest BCUT2D eigenvalue weighted by Crippen LogP contribution is -2.15. The van der Waals surface area contributed by atoms with Crippen molar-refractivity contribution in [3.8, 4) is 23.1 Å². The number of ether oxygens (including phenoxy) is 3. The lowest BCUT2D eigenvalue weighted by atomic mass is 9.83. The van der Waals surface area contributed by atoms with Crippen molar-refractivity contribution in [2.45, 2.75) is 12.5 Å². The molecule has 0 bridgehead atoms. The second-order valence-corrected chi connectivity index (χ2v) is 8.87. The van der Waals surface area contributed by atoms with Crippen LogP contribution < -0.4 is 14.2 Å². The Morgan fingerprint density at radius 3 is 2.51 bits per heavy atom. The number of aromatic nitrogens is 4. The van der Waals surface area contributed by atoms with Crippen LogP contribution in [-0.2, 0) is 6.61 Å². The largest absolute Gasteiger partial charge is 0.497 e. The first-order valence-corrected chi connectivity index (χ1v) is 12.0. The number of rotatable bonds is 5. The second-order valence-electron chi connectivity index (χ2n) is 8.87. The Morgan fingerprint density at radius 1 is 0.865 bits per heavy atom. The molecule has 180 valence electrons. The second kappa shape index (κ2) is 8.64. The summed E-state index contributed by atoms with van der Waals surface area (Å²) >= 11 is 0. The average molecular weight is 487 g/mol. The Hall–Kier alpha value is -4.91. The van der Waals surface area contributed by atoms with Gasteiger partial charge in [0, 0.05) is 16.9 Å². The molecule has 3 heterocycles. The molecule has 2 aromatic heterocycles. The first-order valence-electron chi connectivity index (χ1n) is 12.0. The summed E-state index contributed by atoms with van der Waals surface area (Å²) in [6, 6.07) is 30.2. The Kier molecular flexibility index (Phi) is 4.99. The van der Waals surface area contributed by atoms with Crippen LogP contribution in [0.25, 0.3) is 16.4 Å². The summed E-state index contributed by atoms with van der Waals surface area (Å²) in [6.45, 7) is 0.246. The molecule has 0 saturated heterocycles. The van der Waals surface area contributed by atoms with E-state index in [1.165, 1.54) is 0 Å². The molecule has 0 spiro atoms. The van der Waals surface area contributed by atoms with Gasteiger partial charge < -0.3 is 14.2 Å². The van der Waals surface area contributed by atoms with Gasteiger partial charge >= 0.3 is 0 Å². The Bertz CT molecular complexity index is 1750. The lowest BCUT2D eigenvalue weighted by Gasteiger charge is -2.28. The molecule has 1 aliphatic heterocycles. The predicted octanol–water partition coefficient (Wildman–Crippen LogP) is 6.15. The fraction of sp³-hybridized carbons (Fsp3) is 0.100. The quantitative estimate of drug-likeness (QED) is 0.291. The molecule has 0 amide bonds. The number of para-hydroxylation sites is 1. The molecular formula is C30H22N4O3. The first kappa shape index (κ1) is 21.4. The van der Waals surface area contributed by atoms with E-state index in [2.05, 4.69) is 46.5 Å². The number of methoxy groups -OCH3 is 1. The van der Waals surface area contributed by atoms with Gasteiger partial charge in [-0.1, -0.05) is 66.7 Å². The normalized spacial score (nSPS) is 14.1. The molecule has 0 radical (unpaired) electrons. The van der Waals surface area contributed by atoms with Crippen LogP contribution in [-0.4, -0.2) is 26.7 Å². The third kappa shape index (κ3) is 3.63. The zero-order valence-electron chi connectivity index (χ0n) is 20.0. The molecule has 37 heavy (non-hydrogen) atoms. The molecule has 1 aliphatic rings. The minimum atomic E-state index is -0.155. The minimum Gasteiger partial charge on any atom is -0.497 e. The molecule has 0 N–H and O–H groups in total. The average Bonchev–Trinajstić information content (AvgIpc) is 3.39. The van der Waals surface area contributed by atoms with Crippen LogP contribution in [0, 0.1) is 0 Å². The summed E-state index contributed by atoms with van der Waals surface area (Å²) in [5.41, 5.74) is 3.70. The zero-order valence-corrected chi connectivity index (χ0v) is 20.0. The summed E-state index contributed by atoms with van der Waals surface area (Å²) in [6.07, 6.45) is 1.65. The van der Waals surface area contributed by atoms with Crippen molar-refractivity contribution < 1.29 is 14.2 Å². The third-order valence-corrected chi connectivity index (χ3v) is 6.70. The van der Waals surface area contributed by atoms with Crippen LogP contribution in [0.1, 0.15) is 28.4 Å². The maximum atomic E-state index is 6.49. The molecule has 7 nitrogen and oxygen atoms in total. The van der Waals surface area contributed by atoms with Crippen LogP contribution in [0.4, 0.5) is 0 Å². The van der Waals surface area contributed by atoms with E-state index in [9.17, 15) is 0 Å². The number of hydrogen-bond acceptors (Lipinski definition) is 6. The van der Waals surface area contributed by atoms with E-state index in [1.807, 2.05) is 54.6 Å². The SMILES string of the molecule is COc1ccc(C2c3ccc4ccccc4c3Oc3ncn4nc(COc5ccccc5)nc4c32)cc1. The van der Waals surface area contributed by atoms with Crippen molar-refractivity contribution in [2.75, 3.05) is 7.11 Å². The molecule has 0 aliphatic carbocycles. The highest BCUT2D eigenvalue weighted by Crippen LogP contribution is 2.50. The Morgan fingerprint density at radius 2 is 1.68 bits per heavy atom. The van der Waals surface area contributed by atoms with E-state index < -0.39 is 0 Å². The fourth-order valence-electron chi connectivity index (χ4n) is 4.96. The van der Waals surface area contributed by atoms with E-state index >= 15 is 0 Å². The molecular weight excluding hydrogens is 464 g/mol. The number of nitrogens with zero attached hydrogens (tertiary/aromatic N) is 4. The van der Waals surface area contributed by atoms with E-state index in [-0.39, 0.29) is 12.5 Å². The van der Waals surface area contributed by atoms with Gasteiger partial charge in [0.05, 0.1) is 12.7 Å². The summed E-state index contributed by atoms with van der Waals surface area (Å²) < 4.78 is 19.5. The number of fused-ring (bicyclic) bond motifs is 6. The Labute approximate surface area is 212 Å². The summed E-state index contributed by atoms with van der Waals surface area (Å²) in [7, 11) is 1.67. The topological polar surface area (TPSA) is 70.8 Å². The van der Waals surface area contributed by atoms with Crippen LogP contribution in [0.5, 0.6) is 23.1 Å². The first-order chi connectivity index (χ1) is 18.3. The van der Waals surface area contributed by atoms with Crippen LogP contribution >= 0.6 is 0 Å². The molecule has 7 heteroatoms. The zero-order chi connectivity index (χ0) is 24.8. The number of benzene rings is 4. The van der Waals surface area contributed by atoms with Crippen molar-refractivity contribution in [1.29, 1.82) is 0 Å².